The van der Waals surface area contributed by atoms with Crippen molar-refractivity contribution in [3.8, 4) is 0 Å². The lowest BCUT2D eigenvalue weighted by Gasteiger charge is -2.32. The predicted molar refractivity (Wildman–Crippen MR) is 89.3 cm³/mol. The van der Waals surface area contributed by atoms with Gasteiger partial charge in [0.25, 0.3) is 0 Å². The Kier molecular flexibility index (Phi) is 3.33. The molecular weight excluding hydrogens is 290 g/mol. The Balaban J connectivity index is 1.50. The van der Waals surface area contributed by atoms with Crippen LogP contribution in [-0.4, -0.2) is 38.2 Å². The molecule has 1 saturated heterocycles. The van der Waals surface area contributed by atoms with Crippen molar-refractivity contribution in [1.82, 2.24) is 25.1 Å². The summed E-state index contributed by atoms with van der Waals surface area (Å²) in [4.78, 5) is 15.7. The summed E-state index contributed by atoms with van der Waals surface area (Å²) < 4.78 is 0. The van der Waals surface area contributed by atoms with E-state index in [1.165, 1.54) is 0 Å². The molecule has 0 unspecified atom stereocenters. The van der Waals surface area contributed by atoms with Gasteiger partial charge in [0.15, 0.2) is 5.65 Å². The highest BCUT2D eigenvalue weighted by molar-refractivity contribution is 5.85. The summed E-state index contributed by atoms with van der Waals surface area (Å²) in [5.74, 6) is 2.86. The number of nitrogens with one attached hydrogen (secondary N) is 1. The van der Waals surface area contributed by atoms with Gasteiger partial charge in [0.1, 0.15) is 17.5 Å². The Morgan fingerprint density at radius 1 is 1.17 bits per heavy atom. The van der Waals surface area contributed by atoms with E-state index in [4.69, 9.17) is 5.73 Å². The van der Waals surface area contributed by atoms with E-state index in [1.807, 2.05) is 25.3 Å². The first kappa shape index (κ1) is 13.9. The number of aromatic nitrogens is 5. The molecule has 7 nitrogen and oxygen atoms in total. The number of nitrogens with zero attached hydrogens (tertiary/aromatic N) is 5. The number of nitrogen functional groups attached to an aromatic ring is 1. The standard InChI is InChI=1S/C16H19N7/c1-10-18-7-4-14(19-10)23-8-5-11(6-9-23)13-3-2-12-15(17)21-22-16(12)20-13/h2-4,7,11H,5-6,8-9H2,1H3,(H3,17,20,21,22). The zero-order valence-corrected chi connectivity index (χ0v) is 13.0. The first-order valence-corrected chi connectivity index (χ1v) is 7.86. The van der Waals surface area contributed by atoms with Gasteiger partial charge in [-0.15, -0.1) is 0 Å². The van der Waals surface area contributed by atoms with Crippen molar-refractivity contribution < 1.29 is 0 Å². The van der Waals surface area contributed by atoms with Crippen molar-refractivity contribution in [2.45, 2.75) is 25.7 Å². The second kappa shape index (κ2) is 5.49. The maximum atomic E-state index is 5.82. The zero-order chi connectivity index (χ0) is 15.8. The Morgan fingerprint density at radius 3 is 2.78 bits per heavy atom. The molecule has 0 aliphatic carbocycles. The molecule has 23 heavy (non-hydrogen) atoms. The first-order chi connectivity index (χ1) is 11.2. The van der Waals surface area contributed by atoms with Gasteiger partial charge in [0, 0.05) is 30.9 Å². The molecule has 0 aromatic carbocycles. The summed E-state index contributed by atoms with van der Waals surface area (Å²) >= 11 is 0. The van der Waals surface area contributed by atoms with E-state index in [9.17, 15) is 0 Å². The molecular formula is C16H19N7. The molecule has 3 aromatic rings. The van der Waals surface area contributed by atoms with Crippen LogP contribution in [0.4, 0.5) is 11.6 Å². The van der Waals surface area contributed by atoms with Gasteiger partial charge in [0.05, 0.1) is 5.39 Å². The van der Waals surface area contributed by atoms with Crippen LogP contribution in [0.1, 0.15) is 30.3 Å². The van der Waals surface area contributed by atoms with E-state index in [0.717, 1.165) is 48.7 Å². The van der Waals surface area contributed by atoms with Crippen LogP contribution in [0.2, 0.25) is 0 Å². The van der Waals surface area contributed by atoms with Crippen molar-refractivity contribution in [2.24, 2.45) is 0 Å². The Hall–Kier alpha value is -2.70. The number of hydrogen-bond acceptors (Lipinski definition) is 6. The molecule has 4 heterocycles. The van der Waals surface area contributed by atoms with Gasteiger partial charge in [-0.2, -0.15) is 5.10 Å². The number of aryl methyl sites for hydroxylation is 1. The molecule has 0 spiro atoms. The number of nitrogens with two attached hydrogens (primary N) is 1. The maximum Gasteiger partial charge on any atom is 0.183 e. The number of anilines is 2. The van der Waals surface area contributed by atoms with Crippen molar-refractivity contribution in [1.29, 1.82) is 0 Å². The molecule has 0 atom stereocenters. The van der Waals surface area contributed by atoms with Gasteiger partial charge in [-0.25, -0.2) is 15.0 Å². The topological polar surface area (TPSA) is 96.6 Å². The van der Waals surface area contributed by atoms with E-state index < -0.39 is 0 Å². The van der Waals surface area contributed by atoms with Gasteiger partial charge in [-0.05, 0) is 38.0 Å². The molecule has 0 radical (unpaired) electrons. The van der Waals surface area contributed by atoms with Gasteiger partial charge in [-0.3, -0.25) is 5.10 Å². The summed E-state index contributed by atoms with van der Waals surface area (Å²) in [6, 6.07) is 6.06. The zero-order valence-electron chi connectivity index (χ0n) is 13.0. The molecule has 3 aromatic heterocycles. The first-order valence-electron chi connectivity index (χ1n) is 7.86. The Bertz CT molecular complexity index is 833. The minimum Gasteiger partial charge on any atom is -0.384 e. The highest BCUT2D eigenvalue weighted by Gasteiger charge is 2.23. The third kappa shape index (κ3) is 2.58. The summed E-state index contributed by atoms with van der Waals surface area (Å²) in [7, 11) is 0. The van der Waals surface area contributed by atoms with E-state index in [1.54, 1.807) is 0 Å². The summed E-state index contributed by atoms with van der Waals surface area (Å²) in [6.07, 6.45) is 3.93. The van der Waals surface area contributed by atoms with Crippen LogP contribution in [-0.2, 0) is 0 Å². The average Bonchev–Trinajstić information content (AvgIpc) is 2.96. The van der Waals surface area contributed by atoms with Gasteiger partial charge in [0.2, 0.25) is 0 Å². The summed E-state index contributed by atoms with van der Waals surface area (Å²) in [5, 5.41) is 7.83. The maximum absolute atomic E-state index is 5.82. The molecule has 0 amide bonds. The predicted octanol–water partition coefficient (Wildman–Crippen LogP) is 2.02. The van der Waals surface area contributed by atoms with Gasteiger partial charge < -0.3 is 10.6 Å². The number of piperidine rings is 1. The SMILES string of the molecule is Cc1nccc(N2CCC(c3ccc4c(N)[nH]nc4n3)CC2)n1. The van der Waals surface area contributed by atoms with Crippen LogP contribution in [0.15, 0.2) is 24.4 Å². The highest BCUT2D eigenvalue weighted by Crippen LogP contribution is 2.30. The largest absolute Gasteiger partial charge is 0.384 e. The second-order valence-electron chi connectivity index (χ2n) is 5.97. The van der Waals surface area contributed by atoms with E-state index >= 15 is 0 Å². The van der Waals surface area contributed by atoms with Crippen LogP contribution in [0, 0.1) is 6.92 Å². The molecule has 4 rings (SSSR count). The monoisotopic (exact) mass is 309 g/mol. The fraction of sp³-hybridized carbons (Fsp3) is 0.375. The molecule has 0 bridgehead atoms. The van der Waals surface area contributed by atoms with E-state index in [0.29, 0.717) is 17.4 Å². The smallest absolute Gasteiger partial charge is 0.183 e. The number of pyridine rings is 1. The number of H-pyrrole nitrogens is 1. The van der Waals surface area contributed by atoms with Crippen molar-refractivity contribution >= 4 is 22.7 Å². The third-order valence-corrected chi connectivity index (χ3v) is 4.47. The molecule has 118 valence electrons. The van der Waals surface area contributed by atoms with Gasteiger partial charge in [-0.1, -0.05) is 0 Å². The summed E-state index contributed by atoms with van der Waals surface area (Å²) in [6.45, 7) is 3.87. The molecule has 1 fully saturated rings. The molecule has 1 aliphatic rings. The van der Waals surface area contributed by atoms with Crippen LogP contribution in [0.3, 0.4) is 0 Å². The fourth-order valence-electron chi connectivity index (χ4n) is 3.18. The normalized spacial score (nSPS) is 16.1. The van der Waals surface area contributed by atoms with Gasteiger partial charge >= 0.3 is 0 Å². The van der Waals surface area contributed by atoms with Crippen molar-refractivity contribution in [3.63, 3.8) is 0 Å². The average molecular weight is 309 g/mol. The minimum atomic E-state index is 0.455. The van der Waals surface area contributed by atoms with Crippen LogP contribution >= 0.6 is 0 Å². The van der Waals surface area contributed by atoms with Crippen LogP contribution < -0.4 is 10.6 Å². The molecule has 7 heteroatoms. The number of rotatable bonds is 2. The van der Waals surface area contributed by atoms with Crippen molar-refractivity contribution in [2.75, 3.05) is 23.7 Å². The molecule has 1 aliphatic heterocycles. The molecule has 3 N–H and O–H groups in total. The fourth-order valence-corrected chi connectivity index (χ4v) is 3.18. The highest BCUT2D eigenvalue weighted by atomic mass is 15.2. The summed E-state index contributed by atoms with van der Waals surface area (Å²) in [5.41, 5.74) is 7.62. The Labute approximate surface area is 134 Å². The number of fused-ring (bicyclic) bond motifs is 1. The quantitative estimate of drug-likeness (QED) is 0.752. The number of aromatic amines is 1. The van der Waals surface area contributed by atoms with E-state index in [-0.39, 0.29) is 0 Å². The third-order valence-electron chi connectivity index (χ3n) is 4.47. The number of hydrogen-bond donors (Lipinski definition) is 2. The van der Waals surface area contributed by atoms with Crippen LogP contribution in [0.25, 0.3) is 11.0 Å². The van der Waals surface area contributed by atoms with Crippen molar-refractivity contribution in [3.05, 3.63) is 35.9 Å². The second-order valence-corrected chi connectivity index (χ2v) is 5.97. The van der Waals surface area contributed by atoms with Crippen LogP contribution in [0.5, 0.6) is 0 Å². The molecule has 0 saturated carbocycles. The lowest BCUT2D eigenvalue weighted by Crippen LogP contribution is -2.33. The minimum absolute atomic E-state index is 0.455. The lowest BCUT2D eigenvalue weighted by atomic mass is 9.93. The Morgan fingerprint density at radius 2 is 2.00 bits per heavy atom. The lowest BCUT2D eigenvalue weighted by molar-refractivity contribution is 0.494. The van der Waals surface area contributed by atoms with E-state index in [2.05, 4.69) is 36.1 Å².